The van der Waals surface area contributed by atoms with Gasteiger partial charge in [-0.25, -0.2) is 4.79 Å². The van der Waals surface area contributed by atoms with Crippen LogP contribution in [0.5, 0.6) is 0 Å². The monoisotopic (exact) mass is 275 g/mol. The van der Waals surface area contributed by atoms with Gasteiger partial charge in [0, 0.05) is 18.7 Å². The van der Waals surface area contributed by atoms with Crippen LogP contribution in [0.25, 0.3) is 0 Å². The molecule has 0 fully saturated rings. The van der Waals surface area contributed by atoms with Gasteiger partial charge in [-0.3, -0.25) is 0 Å². The lowest BCUT2D eigenvalue weighted by atomic mass is 10.0. The van der Waals surface area contributed by atoms with Crippen molar-refractivity contribution >= 4 is 5.97 Å². The minimum atomic E-state index is -0.240. The maximum Gasteiger partial charge on any atom is 0.333 e. The van der Waals surface area contributed by atoms with Crippen LogP contribution < -0.4 is 5.32 Å². The molecule has 0 heterocycles. The van der Waals surface area contributed by atoms with Crippen molar-refractivity contribution < 1.29 is 9.53 Å². The molecule has 3 nitrogen and oxygen atoms in total. The fourth-order valence-electron chi connectivity index (χ4n) is 1.94. The third-order valence-corrected chi connectivity index (χ3v) is 3.30. The van der Waals surface area contributed by atoms with Crippen molar-refractivity contribution in [3.63, 3.8) is 0 Å². The Hall–Kier alpha value is -1.61. The van der Waals surface area contributed by atoms with Crippen molar-refractivity contribution in [2.75, 3.05) is 13.7 Å². The average Bonchev–Trinajstić information content (AvgIpc) is 2.47. The molecule has 0 amide bonds. The highest BCUT2D eigenvalue weighted by atomic mass is 16.5. The molecular weight excluding hydrogens is 250 g/mol. The van der Waals surface area contributed by atoms with E-state index in [4.69, 9.17) is 4.74 Å². The molecule has 1 N–H and O–H groups in total. The third-order valence-electron chi connectivity index (χ3n) is 3.30. The number of carbonyl (C=O) groups is 1. The lowest BCUT2D eigenvalue weighted by Crippen LogP contribution is -2.15. The summed E-state index contributed by atoms with van der Waals surface area (Å²) in [5.41, 5.74) is 3.32. The molecule has 20 heavy (non-hydrogen) atoms. The van der Waals surface area contributed by atoms with Crippen molar-refractivity contribution in [2.24, 2.45) is 0 Å². The third kappa shape index (κ3) is 5.17. The van der Waals surface area contributed by atoms with Crippen LogP contribution in [-0.4, -0.2) is 19.6 Å². The molecule has 0 unspecified atom stereocenters. The molecular formula is C17H25NO2. The fourth-order valence-corrected chi connectivity index (χ4v) is 1.94. The van der Waals surface area contributed by atoms with Crippen LogP contribution in [0.2, 0.25) is 0 Å². The van der Waals surface area contributed by atoms with Crippen molar-refractivity contribution in [1.82, 2.24) is 5.32 Å². The molecule has 1 aromatic carbocycles. The predicted octanol–water partition coefficient (Wildman–Crippen LogP) is 3.41. The van der Waals surface area contributed by atoms with Crippen LogP contribution in [-0.2, 0) is 16.1 Å². The van der Waals surface area contributed by atoms with Gasteiger partial charge in [0.25, 0.3) is 0 Å². The molecule has 0 saturated carbocycles. The highest BCUT2D eigenvalue weighted by Gasteiger charge is 2.05. The summed E-state index contributed by atoms with van der Waals surface area (Å²) < 4.78 is 4.72. The number of carbonyl (C=O) groups excluding carboxylic acids is 1. The van der Waals surface area contributed by atoms with E-state index in [-0.39, 0.29) is 5.97 Å². The molecule has 0 aliphatic heterocycles. The number of ether oxygens (including phenoxy) is 1. The molecule has 1 aromatic rings. The predicted molar refractivity (Wildman–Crippen MR) is 82.6 cm³/mol. The normalized spacial score (nSPS) is 11.8. The van der Waals surface area contributed by atoms with Gasteiger partial charge in [0.15, 0.2) is 0 Å². The summed E-state index contributed by atoms with van der Waals surface area (Å²) in [5.74, 6) is 0.322. The van der Waals surface area contributed by atoms with Gasteiger partial charge in [-0.1, -0.05) is 51.1 Å². The second-order valence-corrected chi connectivity index (χ2v) is 5.10. The summed E-state index contributed by atoms with van der Waals surface area (Å²) in [6.07, 6.45) is 2.59. The number of hydrogen-bond acceptors (Lipinski definition) is 3. The van der Waals surface area contributed by atoms with E-state index in [1.165, 1.54) is 18.2 Å². The lowest BCUT2D eigenvalue weighted by Gasteiger charge is -2.07. The van der Waals surface area contributed by atoms with Crippen LogP contribution in [0.15, 0.2) is 35.9 Å². The van der Waals surface area contributed by atoms with Crippen molar-refractivity contribution in [1.29, 1.82) is 0 Å². The van der Waals surface area contributed by atoms with E-state index in [1.807, 2.05) is 13.0 Å². The van der Waals surface area contributed by atoms with E-state index < -0.39 is 0 Å². The van der Waals surface area contributed by atoms with Crippen LogP contribution in [0.1, 0.15) is 44.2 Å². The van der Waals surface area contributed by atoms with Gasteiger partial charge in [-0.2, -0.15) is 0 Å². The summed E-state index contributed by atoms with van der Waals surface area (Å²) in [6, 6.07) is 8.63. The summed E-state index contributed by atoms with van der Waals surface area (Å²) >= 11 is 0. The first-order valence-electron chi connectivity index (χ1n) is 7.15. The molecule has 0 radical (unpaired) electrons. The Kier molecular flexibility index (Phi) is 7.02. The number of esters is 1. The van der Waals surface area contributed by atoms with E-state index in [0.717, 1.165) is 12.1 Å². The summed E-state index contributed by atoms with van der Waals surface area (Å²) in [5, 5.41) is 3.31. The highest BCUT2D eigenvalue weighted by Crippen LogP contribution is 2.14. The first-order valence-corrected chi connectivity index (χ1v) is 7.15. The Bertz CT molecular complexity index is 447. The van der Waals surface area contributed by atoms with E-state index in [2.05, 4.69) is 43.4 Å². The molecule has 1 rings (SSSR count). The molecule has 3 heteroatoms. The minimum absolute atomic E-state index is 0.240. The van der Waals surface area contributed by atoms with Crippen LogP contribution in [0.4, 0.5) is 0 Å². The SMILES string of the molecule is CC/C(=C/CNCc1ccc(C(C)C)cc1)C(=O)OC. The van der Waals surface area contributed by atoms with Gasteiger partial charge in [0.05, 0.1) is 7.11 Å². The van der Waals surface area contributed by atoms with Gasteiger partial charge in [-0.15, -0.1) is 0 Å². The Labute approximate surface area is 122 Å². The standard InChI is InChI=1S/C17H25NO2/c1-5-15(17(19)20-4)10-11-18-12-14-6-8-16(9-7-14)13(2)3/h6-10,13,18H,5,11-12H2,1-4H3/b15-10-. The second kappa shape index (κ2) is 8.54. The van der Waals surface area contributed by atoms with Crippen molar-refractivity contribution in [3.8, 4) is 0 Å². The summed E-state index contributed by atoms with van der Waals surface area (Å²) in [6.45, 7) is 7.80. The molecule has 0 aromatic heterocycles. The van der Waals surface area contributed by atoms with E-state index in [0.29, 0.717) is 18.9 Å². The van der Waals surface area contributed by atoms with E-state index in [9.17, 15) is 4.79 Å². The Morgan fingerprint density at radius 1 is 1.30 bits per heavy atom. The molecule has 0 saturated heterocycles. The zero-order chi connectivity index (χ0) is 15.0. The molecule has 0 atom stereocenters. The smallest absolute Gasteiger partial charge is 0.333 e. The Morgan fingerprint density at radius 3 is 2.45 bits per heavy atom. The maximum atomic E-state index is 11.4. The molecule has 0 aliphatic carbocycles. The number of benzene rings is 1. The van der Waals surface area contributed by atoms with Gasteiger partial charge in [0.2, 0.25) is 0 Å². The highest BCUT2D eigenvalue weighted by molar-refractivity contribution is 5.88. The zero-order valence-electron chi connectivity index (χ0n) is 12.9. The van der Waals surface area contributed by atoms with Crippen LogP contribution in [0.3, 0.4) is 0 Å². The average molecular weight is 275 g/mol. The maximum absolute atomic E-state index is 11.4. The number of rotatable bonds is 7. The Balaban J connectivity index is 2.44. The van der Waals surface area contributed by atoms with Crippen LogP contribution >= 0.6 is 0 Å². The zero-order valence-corrected chi connectivity index (χ0v) is 12.9. The topological polar surface area (TPSA) is 38.3 Å². The van der Waals surface area contributed by atoms with Gasteiger partial charge >= 0.3 is 5.97 Å². The molecule has 0 spiro atoms. The van der Waals surface area contributed by atoms with E-state index in [1.54, 1.807) is 0 Å². The second-order valence-electron chi connectivity index (χ2n) is 5.10. The fraction of sp³-hybridized carbons (Fsp3) is 0.471. The van der Waals surface area contributed by atoms with Gasteiger partial charge in [-0.05, 0) is 23.5 Å². The van der Waals surface area contributed by atoms with Crippen molar-refractivity contribution in [3.05, 3.63) is 47.0 Å². The lowest BCUT2D eigenvalue weighted by molar-refractivity contribution is -0.136. The quantitative estimate of drug-likeness (QED) is 0.471. The largest absolute Gasteiger partial charge is 0.466 e. The van der Waals surface area contributed by atoms with Gasteiger partial charge in [0.1, 0.15) is 0 Å². The first kappa shape index (κ1) is 16.4. The summed E-state index contributed by atoms with van der Waals surface area (Å²) in [7, 11) is 1.41. The molecule has 110 valence electrons. The van der Waals surface area contributed by atoms with Gasteiger partial charge < -0.3 is 10.1 Å². The van der Waals surface area contributed by atoms with Crippen molar-refractivity contribution in [2.45, 2.75) is 39.7 Å². The number of hydrogen-bond donors (Lipinski definition) is 1. The number of nitrogens with one attached hydrogen (secondary N) is 1. The number of methoxy groups -OCH3 is 1. The van der Waals surface area contributed by atoms with E-state index >= 15 is 0 Å². The van der Waals surface area contributed by atoms with Crippen LogP contribution in [0, 0.1) is 0 Å². The summed E-state index contributed by atoms with van der Waals surface area (Å²) in [4.78, 5) is 11.4. The Morgan fingerprint density at radius 2 is 1.95 bits per heavy atom. The first-order chi connectivity index (χ1) is 9.58. The minimum Gasteiger partial charge on any atom is -0.466 e. The molecule has 0 aliphatic rings. The molecule has 0 bridgehead atoms.